The highest BCUT2D eigenvalue weighted by molar-refractivity contribution is 5.93. The molecule has 0 bridgehead atoms. The molecule has 1 aromatic rings. The quantitative estimate of drug-likeness (QED) is 0.818. The van der Waals surface area contributed by atoms with E-state index in [1.54, 1.807) is 29.4 Å². The van der Waals surface area contributed by atoms with Gasteiger partial charge in [-0.15, -0.1) is 0 Å². The maximum absolute atomic E-state index is 12.0. The molecular weight excluding hydrogens is 310 g/mol. The maximum Gasteiger partial charge on any atom is 0.251 e. The minimum absolute atomic E-state index is 0.00312. The van der Waals surface area contributed by atoms with Crippen LogP contribution in [0.3, 0.4) is 0 Å². The van der Waals surface area contributed by atoms with E-state index in [1.165, 1.54) is 7.11 Å². The van der Waals surface area contributed by atoms with E-state index >= 15 is 0 Å². The molecular formula is C17H23N3O4. The van der Waals surface area contributed by atoms with Gasteiger partial charge in [-0.2, -0.15) is 0 Å². The minimum Gasteiger partial charge on any atom is -0.375 e. The Kier molecular flexibility index (Phi) is 5.11. The van der Waals surface area contributed by atoms with E-state index in [1.807, 2.05) is 0 Å². The third-order valence-electron chi connectivity index (χ3n) is 4.86. The number of carbonyl (C=O) groups is 2. The standard InChI is InChI=1S/C17H23N3O4/c1-23-10-15(21)20-11-17(12-20)14(5-9-24-17)4-8-19-16(22)13-2-6-18-7-3-13/h2-3,6-7,14H,4-5,8-12H2,1H3,(H,19,22). The molecule has 3 rings (SSSR count). The SMILES string of the molecule is COCC(=O)N1CC2(C1)OCCC2CCNC(=O)c1ccncc1. The minimum atomic E-state index is -0.231. The molecule has 1 aromatic heterocycles. The van der Waals surface area contributed by atoms with Gasteiger partial charge in [-0.3, -0.25) is 14.6 Å². The van der Waals surface area contributed by atoms with E-state index in [0.29, 0.717) is 31.1 Å². The van der Waals surface area contributed by atoms with E-state index in [2.05, 4.69) is 10.3 Å². The third-order valence-corrected chi connectivity index (χ3v) is 4.86. The van der Waals surface area contributed by atoms with Gasteiger partial charge in [-0.1, -0.05) is 0 Å². The predicted octanol–water partition coefficient (Wildman–Crippen LogP) is 0.465. The summed E-state index contributed by atoms with van der Waals surface area (Å²) < 4.78 is 10.8. The van der Waals surface area contributed by atoms with Crippen LogP contribution in [-0.2, 0) is 14.3 Å². The van der Waals surface area contributed by atoms with Gasteiger partial charge in [0.15, 0.2) is 0 Å². The van der Waals surface area contributed by atoms with Crippen molar-refractivity contribution in [2.45, 2.75) is 18.4 Å². The first kappa shape index (κ1) is 16.9. The summed E-state index contributed by atoms with van der Waals surface area (Å²) in [6, 6.07) is 3.39. The van der Waals surface area contributed by atoms with Crippen molar-refractivity contribution in [3.63, 3.8) is 0 Å². The Morgan fingerprint density at radius 1 is 1.42 bits per heavy atom. The van der Waals surface area contributed by atoms with Gasteiger partial charge in [0.2, 0.25) is 5.91 Å². The second-order valence-corrected chi connectivity index (χ2v) is 6.36. The van der Waals surface area contributed by atoms with Gasteiger partial charge < -0.3 is 19.7 Å². The molecule has 1 N–H and O–H groups in total. The van der Waals surface area contributed by atoms with Gasteiger partial charge in [0, 0.05) is 38.2 Å². The Balaban J connectivity index is 1.46. The summed E-state index contributed by atoms with van der Waals surface area (Å²) in [5, 5.41) is 2.94. The molecule has 1 unspecified atom stereocenters. The van der Waals surface area contributed by atoms with Gasteiger partial charge in [0.05, 0.1) is 13.1 Å². The molecule has 2 saturated heterocycles. The molecule has 24 heavy (non-hydrogen) atoms. The second-order valence-electron chi connectivity index (χ2n) is 6.36. The number of hydrogen-bond acceptors (Lipinski definition) is 5. The second kappa shape index (κ2) is 7.27. The fourth-order valence-electron chi connectivity index (χ4n) is 3.50. The molecule has 7 heteroatoms. The van der Waals surface area contributed by atoms with E-state index in [9.17, 15) is 9.59 Å². The number of hydrogen-bond donors (Lipinski definition) is 1. The monoisotopic (exact) mass is 333 g/mol. The van der Waals surface area contributed by atoms with Gasteiger partial charge >= 0.3 is 0 Å². The van der Waals surface area contributed by atoms with Crippen LogP contribution < -0.4 is 5.32 Å². The number of amides is 2. The normalized spacial score (nSPS) is 21.5. The molecule has 2 amide bonds. The lowest BCUT2D eigenvalue weighted by atomic mass is 9.79. The van der Waals surface area contributed by atoms with Crippen LogP contribution in [0, 0.1) is 5.92 Å². The molecule has 2 aliphatic heterocycles. The largest absolute Gasteiger partial charge is 0.375 e. The lowest BCUT2D eigenvalue weighted by Crippen LogP contribution is -2.66. The lowest BCUT2D eigenvalue weighted by Gasteiger charge is -2.50. The molecule has 7 nitrogen and oxygen atoms in total. The molecule has 0 radical (unpaired) electrons. The average Bonchev–Trinajstić information content (AvgIpc) is 2.98. The Hall–Kier alpha value is -1.99. The van der Waals surface area contributed by atoms with Crippen LogP contribution in [0.2, 0.25) is 0 Å². The van der Waals surface area contributed by atoms with E-state index in [-0.39, 0.29) is 24.0 Å². The molecule has 0 saturated carbocycles. The van der Waals surface area contributed by atoms with Gasteiger partial charge in [-0.25, -0.2) is 0 Å². The van der Waals surface area contributed by atoms with Crippen molar-refractivity contribution in [3.05, 3.63) is 30.1 Å². The number of aromatic nitrogens is 1. The van der Waals surface area contributed by atoms with Crippen molar-refractivity contribution in [1.29, 1.82) is 0 Å². The van der Waals surface area contributed by atoms with Crippen LogP contribution in [0.4, 0.5) is 0 Å². The van der Waals surface area contributed by atoms with E-state index < -0.39 is 0 Å². The average molecular weight is 333 g/mol. The molecule has 2 aliphatic rings. The van der Waals surface area contributed by atoms with E-state index in [4.69, 9.17) is 9.47 Å². The highest BCUT2D eigenvalue weighted by atomic mass is 16.5. The number of nitrogens with one attached hydrogen (secondary N) is 1. The first-order valence-corrected chi connectivity index (χ1v) is 8.23. The number of rotatable bonds is 6. The Morgan fingerprint density at radius 2 is 2.17 bits per heavy atom. The molecule has 2 fully saturated rings. The first-order valence-electron chi connectivity index (χ1n) is 8.23. The van der Waals surface area contributed by atoms with Crippen LogP contribution in [-0.4, -0.2) is 67.3 Å². The zero-order valence-corrected chi connectivity index (χ0v) is 13.9. The summed E-state index contributed by atoms with van der Waals surface area (Å²) >= 11 is 0. The highest BCUT2D eigenvalue weighted by Gasteiger charge is 2.53. The highest BCUT2D eigenvalue weighted by Crippen LogP contribution is 2.41. The van der Waals surface area contributed by atoms with Gasteiger partial charge in [0.25, 0.3) is 5.91 Å². The van der Waals surface area contributed by atoms with Crippen molar-refractivity contribution in [2.24, 2.45) is 5.92 Å². The Bertz CT molecular complexity index is 587. The Labute approximate surface area is 141 Å². The smallest absolute Gasteiger partial charge is 0.251 e. The zero-order valence-electron chi connectivity index (χ0n) is 13.9. The van der Waals surface area contributed by atoms with Gasteiger partial charge in [0.1, 0.15) is 12.2 Å². The molecule has 3 heterocycles. The number of nitrogens with zero attached hydrogens (tertiary/aromatic N) is 2. The third kappa shape index (κ3) is 3.42. The van der Waals surface area contributed by atoms with Crippen LogP contribution >= 0.6 is 0 Å². The van der Waals surface area contributed by atoms with Crippen LogP contribution in [0.1, 0.15) is 23.2 Å². The molecule has 1 spiro atoms. The van der Waals surface area contributed by atoms with Crippen LogP contribution in [0.5, 0.6) is 0 Å². The summed E-state index contributed by atoms with van der Waals surface area (Å²) in [5.74, 6) is 0.279. The zero-order chi connectivity index (χ0) is 17.0. The van der Waals surface area contributed by atoms with Crippen molar-refractivity contribution >= 4 is 11.8 Å². The lowest BCUT2D eigenvalue weighted by molar-refractivity contribution is -0.168. The topological polar surface area (TPSA) is 80.8 Å². The number of ether oxygens (including phenoxy) is 2. The summed E-state index contributed by atoms with van der Waals surface area (Å²) in [4.78, 5) is 29.5. The predicted molar refractivity (Wildman–Crippen MR) is 86.4 cm³/mol. The molecule has 0 aliphatic carbocycles. The fourth-order valence-corrected chi connectivity index (χ4v) is 3.50. The fraction of sp³-hybridized carbons (Fsp3) is 0.588. The van der Waals surface area contributed by atoms with Crippen molar-refractivity contribution in [1.82, 2.24) is 15.2 Å². The van der Waals surface area contributed by atoms with Crippen LogP contribution in [0.15, 0.2) is 24.5 Å². The molecule has 1 atom stereocenters. The Morgan fingerprint density at radius 3 is 2.88 bits per heavy atom. The first-order chi connectivity index (χ1) is 11.6. The molecule has 130 valence electrons. The number of pyridine rings is 1. The van der Waals surface area contributed by atoms with E-state index in [0.717, 1.165) is 19.4 Å². The van der Waals surface area contributed by atoms with Crippen molar-refractivity contribution in [3.8, 4) is 0 Å². The summed E-state index contributed by atoms with van der Waals surface area (Å²) in [7, 11) is 1.52. The number of carbonyl (C=O) groups excluding carboxylic acids is 2. The van der Waals surface area contributed by atoms with Crippen LogP contribution in [0.25, 0.3) is 0 Å². The summed E-state index contributed by atoms with van der Waals surface area (Å²) in [5.41, 5.74) is 0.382. The molecule has 0 aromatic carbocycles. The van der Waals surface area contributed by atoms with Crippen molar-refractivity contribution in [2.75, 3.05) is 40.0 Å². The van der Waals surface area contributed by atoms with Gasteiger partial charge in [-0.05, 0) is 30.9 Å². The number of methoxy groups -OCH3 is 1. The summed E-state index contributed by atoms with van der Waals surface area (Å²) in [6.07, 6.45) is 5.03. The number of likely N-dealkylation sites (tertiary alicyclic amines) is 1. The maximum atomic E-state index is 12.0. The summed E-state index contributed by atoms with van der Waals surface area (Å²) in [6.45, 7) is 2.68. The van der Waals surface area contributed by atoms with Crippen molar-refractivity contribution < 1.29 is 19.1 Å².